The van der Waals surface area contributed by atoms with Crippen molar-refractivity contribution in [3.05, 3.63) is 76.3 Å². The molecule has 0 atom stereocenters. The molecule has 2 aromatic heterocycles. The number of alkyl halides is 4. The molecule has 0 aliphatic carbocycles. The minimum Gasteiger partial charge on any atom is -0.473 e. The van der Waals surface area contributed by atoms with E-state index in [9.17, 15) is 18.0 Å². The minimum atomic E-state index is -4.53. The predicted octanol–water partition coefficient (Wildman–Crippen LogP) is 4.95. The molecule has 28 heavy (non-hydrogen) atoms. The Morgan fingerprint density at radius 1 is 1.21 bits per heavy atom. The standard InChI is InChI=1S/C19H14ClF3N2O3/c1-11-6-16(28-25-11)17(26)15-5-3-2-4-12(15)10-27-18-13(8-20)7-14(9-24-18)19(21,22)23/h2-7,9H,8,10H2,1H3. The number of aryl methyl sites for hydroxylation is 1. The van der Waals surface area contributed by atoms with Crippen LogP contribution in [0, 0.1) is 6.92 Å². The fourth-order valence-electron chi connectivity index (χ4n) is 2.50. The zero-order chi connectivity index (χ0) is 20.3. The van der Waals surface area contributed by atoms with Crippen molar-refractivity contribution in [2.75, 3.05) is 0 Å². The van der Waals surface area contributed by atoms with Gasteiger partial charge in [-0.15, -0.1) is 11.6 Å². The van der Waals surface area contributed by atoms with Gasteiger partial charge in [0.1, 0.15) is 6.61 Å². The van der Waals surface area contributed by atoms with Crippen LogP contribution in [0.5, 0.6) is 5.88 Å². The number of hydrogen-bond donors (Lipinski definition) is 0. The van der Waals surface area contributed by atoms with E-state index in [2.05, 4.69) is 10.1 Å². The van der Waals surface area contributed by atoms with Crippen LogP contribution in [0.4, 0.5) is 13.2 Å². The lowest BCUT2D eigenvalue weighted by Gasteiger charge is -2.13. The van der Waals surface area contributed by atoms with E-state index in [-0.39, 0.29) is 35.5 Å². The molecule has 2 heterocycles. The molecule has 0 aliphatic rings. The smallest absolute Gasteiger partial charge is 0.417 e. The Kier molecular flexibility index (Phi) is 5.69. The van der Waals surface area contributed by atoms with Crippen LogP contribution >= 0.6 is 11.6 Å². The highest BCUT2D eigenvalue weighted by atomic mass is 35.5. The molecule has 0 amide bonds. The number of rotatable bonds is 6. The largest absolute Gasteiger partial charge is 0.473 e. The second-order valence-corrected chi connectivity index (χ2v) is 6.19. The van der Waals surface area contributed by atoms with Crippen LogP contribution in [0.25, 0.3) is 0 Å². The molecule has 5 nitrogen and oxygen atoms in total. The molecule has 0 bridgehead atoms. The van der Waals surface area contributed by atoms with Crippen LogP contribution in [0.15, 0.2) is 47.1 Å². The van der Waals surface area contributed by atoms with Gasteiger partial charge in [0.2, 0.25) is 17.4 Å². The number of halogens is 4. The molecule has 0 radical (unpaired) electrons. The van der Waals surface area contributed by atoms with Crippen LogP contribution in [-0.2, 0) is 18.7 Å². The number of hydrogen-bond acceptors (Lipinski definition) is 5. The molecule has 1 aromatic carbocycles. The number of aromatic nitrogens is 2. The van der Waals surface area contributed by atoms with Gasteiger partial charge in [-0.3, -0.25) is 4.79 Å². The first-order valence-corrected chi connectivity index (χ1v) is 8.64. The first kappa shape index (κ1) is 19.9. The Balaban J connectivity index is 1.83. The van der Waals surface area contributed by atoms with E-state index in [4.69, 9.17) is 20.9 Å². The van der Waals surface area contributed by atoms with Crippen molar-refractivity contribution in [1.82, 2.24) is 10.1 Å². The highest BCUT2D eigenvalue weighted by molar-refractivity contribution is 6.17. The van der Waals surface area contributed by atoms with Gasteiger partial charge in [-0.2, -0.15) is 13.2 Å². The summed E-state index contributed by atoms with van der Waals surface area (Å²) in [7, 11) is 0. The minimum absolute atomic E-state index is 0.0271. The molecule has 0 aliphatic heterocycles. The van der Waals surface area contributed by atoms with Crippen LogP contribution in [0.2, 0.25) is 0 Å². The summed E-state index contributed by atoms with van der Waals surface area (Å²) < 4.78 is 49.0. The summed E-state index contributed by atoms with van der Waals surface area (Å²) in [6.45, 7) is 1.61. The van der Waals surface area contributed by atoms with Gasteiger partial charge >= 0.3 is 6.18 Å². The van der Waals surface area contributed by atoms with Gasteiger partial charge in [0, 0.05) is 29.0 Å². The summed E-state index contributed by atoms with van der Waals surface area (Å²) in [5.41, 5.74) is 0.609. The Morgan fingerprint density at radius 3 is 2.61 bits per heavy atom. The molecule has 0 spiro atoms. The van der Waals surface area contributed by atoms with E-state index < -0.39 is 11.7 Å². The van der Waals surface area contributed by atoms with Gasteiger partial charge in [0.25, 0.3) is 0 Å². The van der Waals surface area contributed by atoms with Crippen LogP contribution in [0.3, 0.4) is 0 Å². The molecule has 0 unspecified atom stereocenters. The van der Waals surface area contributed by atoms with Crippen LogP contribution in [0.1, 0.15) is 38.5 Å². The topological polar surface area (TPSA) is 65.2 Å². The lowest BCUT2D eigenvalue weighted by Crippen LogP contribution is -2.10. The summed E-state index contributed by atoms with van der Waals surface area (Å²) in [6.07, 6.45) is -3.85. The molecule has 9 heteroatoms. The van der Waals surface area contributed by atoms with Gasteiger partial charge < -0.3 is 9.26 Å². The van der Waals surface area contributed by atoms with Crippen molar-refractivity contribution in [2.45, 2.75) is 25.6 Å². The maximum atomic E-state index is 12.8. The van der Waals surface area contributed by atoms with Crippen molar-refractivity contribution in [3.8, 4) is 5.88 Å². The van der Waals surface area contributed by atoms with Crippen molar-refractivity contribution in [2.24, 2.45) is 0 Å². The van der Waals surface area contributed by atoms with Crippen molar-refractivity contribution in [3.63, 3.8) is 0 Å². The van der Waals surface area contributed by atoms with E-state index >= 15 is 0 Å². The first-order valence-electron chi connectivity index (χ1n) is 8.10. The summed E-state index contributed by atoms with van der Waals surface area (Å²) in [5.74, 6) is -0.526. The third kappa shape index (κ3) is 4.33. The van der Waals surface area contributed by atoms with E-state index in [1.54, 1.807) is 31.2 Å². The maximum Gasteiger partial charge on any atom is 0.417 e. The van der Waals surface area contributed by atoms with Crippen molar-refractivity contribution < 1.29 is 27.2 Å². The SMILES string of the molecule is Cc1cc(C(=O)c2ccccc2COc2ncc(C(F)(F)F)cc2CCl)on1. The molecule has 146 valence electrons. The first-order chi connectivity index (χ1) is 13.3. The number of ketones is 1. The average Bonchev–Trinajstić information content (AvgIpc) is 3.11. The second-order valence-electron chi connectivity index (χ2n) is 5.93. The maximum absolute atomic E-state index is 12.8. The highest BCUT2D eigenvalue weighted by Gasteiger charge is 2.31. The second kappa shape index (κ2) is 8.02. The number of pyridine rings is 1. The van der Waals surface area contributed by atoms with Crippen molar-refractivity contribution in [1.29, 1.82) is 0 Å². The Hall–Kier alpha value is -2.87. The van der Waals surface area contributed by atoms with Crippen molar-refractivity contribution >= 4 is 17.4 Å². The summed E-state index contributed by atoms with van der Waals surface area (Å²) in [4.78, 5) is 16.3. The lowest BCUT2D eigenvalue weighted by molar-refractivity contribution is -0.137. The predicted molar refractivity (Wildman–Crippen MR) is 94.2 cm³/mol. The Labute approximate surface area is 163 Å². The summed E-state index contributed by atoms with van der Waals surface area (Å²) in [6, 6.07) is 9.07. The highest BCUT2D eigenvalue weighted by Crippen LogP contribution is 2.32. The zero-order valence-electron chi connectivity index (χ0n) is 14.6. The number of carbonyl (C=O) groups excluding carboxylic acids is 1. The molecule has 0 fully saturated rings. The van der Waals surface area contributed by atoms with Crippen LogP contribution < -0.4 is 4.74 Å². The van der Waals surface area contributed by atoms with Gasteiger partial charge in [-0.1, -0.05) is 29.4 Å². The van der Waals surface area contributed by atoms with Gasteiger partial charge in [-0.05, 0) is 13.0 Å². The molecule has 3 aromatic rings. The monoisotopic (exact) mass is 410 g/mol. The fourth-order valence-corrected chi connectivity index (χ4v) is 2.69. The molecule has 3 rings (SSSR count). The Bertz CT molecular complexity index is 1000. The average molecular weight is 411 g/mol. The number of carbonyl (C=O) groups is 1. The Morgan fingerprint density at radius 2 is 1.96 bits per heavy atom. The van der Waals surface area contributed by atoms with Crippen LogP contribution in [-0.4, -0.2) is 15.9 Å². The summed E-state index contributed by atoms with van der Waals surface area (Å²) >= 11 is 5.74. The van der Waals surface area contributed by atoms with Gasteiger partial charge in [0.15, 0.2) is 0 Å². The summed E-state index contributed by atoms with van der Waals surface area (Å²) in [5, 5.41) is 3.69. The molecule has 0 N–H and O–H groups in total. The molecular formula is C19H14ClF3N2O3. The molecule has 0 saturated carbocycles. The zero-order valence-corrected chi connectivity index (χ0v) is 15.3. The van der Waals surface area contributed by atoms with E-state index in [1.165, 1.54) is 6.07 Å². The fraction of sp³-hybridized carbons (Fsp3) is 0.211. The normalized spacial score (nSPS) is 11.5. The number of nitrogens with zero attached hydrogens (tertiary/aromatic N) is 2. The third-order valence-electron chi connectivity index (χ3n) is 3.87. The quantitative estimate of drug-likeness (QED) is 0.425. The van der Waals surface area contributed by atoms with Gasteiger partial charge in [-0.25, -0.2) is 4.98 Å². The number of ether oxygens (including phenoxy) is 1. The third-order valence-corrected chi connectivity index (χ3v) is 4.16. The van der Waals surface area contributed by atoms with E-state index in [0.717, 1.165) is 6.07 Å². The molecular weight excluding hydrogens is 397 g/mol. The molecule has 0 saturated heterocycles. The van der Waals surface area contributed by atoms with E-state index in [1.807, 2.05) is 0 Å². The van der Waals surface area contributed by atoms with E-state index in [0.29, 0.717) is 23.0 Å². The number of benzene rings is 1. The van der Waals surface area contributed by atoms with Gasteiger partial charge in [0.05, 0.1) is 17.1 Å². The lowest BCUT2D eigenvalue weighted by atomic mass is 10.0.